The molecule has 0 heterocycles. The van der Waals surface area contributed by atoms with Crippen LogP contribution in [-0.4, -0.2) is 37.4 Å². The Hall–Kier alpha value is -1.42. The largest absolute Gasteiger partial charge is 0.494 e. The molecule has 0 unspecified atom stereocenters. The summed E-state index contributed by atoms with van der Waals surface area (Å²) in [6.07, 6.45) is 1.37. The Morgan fingerprint density at radius 1 is 1.32 bits per heavy atom. The minimum absolute atomic E-state index is 0.0518. The van der Waals surface area contributed by atoms with Gasteiger partial charge in [-0.25, -0.2) is 4.39 Å². The lowest BCUT2D eigenvalue weighted by Crippen LogP contribution is -2.50. The van der Waals surface area contributed by atoms with Crippen LogP contribution in [0.3, 0.4) is 0 Å². The third kappa shape index (κ3) is 2.78. The normalized spacial score (nSPS) is 11.7. The molecule has 1 aromatic carbocycles. The predicted molar refractivity (Wildman–Crippen MR) is 74.3 cm³/mol. The minimum atomic E-state index is -0.582. The van der Waals surface area contributed by atoms with Gasteiger partial charge in [-0.15, -0.1) is 0 Å². The smallest absolute Gasteiger partial charge is 0.183 e. The highest BCUT2D eigenvalue weighted by atomic mass is 19.1. The Bertz CT molecular complexity index is 453. The van der Waals surface area contributed by atoms with Gasteiger partial charge in [0.05, 0.1) is 12.6 Å². The van der Waals surface area contributed by atoms with Gasteiger partial charge in [-0.05, 0) is 45.1 Å². The molecule has 4 heteroatoms. The number of halogens is 1. The topological polar surface area (TPSA) is 29.5 Å². The quantitative estimate of drug-likeness (QED) is 0.742. The van der Waals surface area contributed by atoms with Crippen LogP contribution in [0, 0.1) is 5.82 Å². The molecule has 106 valence electrons. The van der Waals surface area contributed by atoms with E-state index >= 15 is 0 Å². The molecule has 0 aromatic heterocycles. The van der Waals surface area contributed by atoms with Crippen LogP contribution in [0.2, 0.25) is 0 Å². The molecule has 0 N–H and O–H groups in total. The average Bonchev–Trinajstić information content (AvgIpc) is 2.40. The molecule has 0 bridgehead atoms. The first kappa shape index (κ1) is 15.6. The summed E-state index contributed by atoms with van der Waals surface area (Å²) in [4.78, 5) is 14.6. The zero-order valence-corrected chi connectivity index (χ0v) is 12.3. The van der Waals surface area contributed by atoms with Gasteiger partial charge in [0, 0.05) is 5.56 Å². The molecule has 19 heavy (non-hydrogen) atoms. The van der Waals surface area contributed by atoms with Crippen LogP contribution in [0.5, 0.6) is 5.75 Å². The van der Waals surface area contributed by atoms with E-state index in [1.165, 1.54) is 19.2 Å². The summed E-state index contributed by atoms with van der Waals surface area (Å²) in [7, 11) is 5.16. The van der Waals surface area contributed by atoms with E-state index in [2.05, 4.69) is 0 Å². The number of hydrogen-bond donors (Lipinski definition) is 0. The van der Waals surface area contributed by atoms with E-state index in [0.717, 1.165) is 0 Å². The fourth-order valence-corrected chi connectivity index (χ4v) is 2.48. The molecule has 0 saturated heterocycles. The first-order valence-corrected chi connectivity index (χ1v) is 6.48. The van der Waals surface area contributed by atoms with Gasteiger partial charge >= 0.3 is 0 Å². The van der Waals surface area contributed by atoms with Crippen LogP contribution in [0.1, 0.15) is 37.0 Å². The summed E-state index contributed by atoms with van der Waals surface area (Å²) >= 11 is 0. The van der Waals surface area contributed by atoms with Gasteiger partial charge < -0.3 is 4.74 Å². The van der Waals surface area contributed by atoms with Gasteiger partial charge in [-0.2, -0.15) is 0 Å². The summed E-state index contributed by atoms with van der Waals surface area (Å²) in [5, 5.41) is 0. The Morgan fingerprint density at radius 3 is 2.26 bits per heavy atom. The molecule has 0 saturated carbocycles. The molecule has 0 aliphatic carbocycles. The van der Waals surface area contributed by atoms with Crippen molar-refractivity contribution in [1.82, 2.24) is 4.90 Å². The van der Waals surface area contributed by atoms with Gasteiger partial charge in [0.1, 0.15) is 0 Å². The SMILES string of the molecule is CCC(CC)(C(=O)c1ccc(OC)c(F)c1)N(C)C. The lowest BCUT2D eigenvalue weighted by molar-refractivity contribution is 0.0655. The van der Waals surface area contributed by atoms with Crippen molar-refractivity contribution in [1.29, 1.82) is 0 Å². The number of nitrogens with zero attached hydrogens (tertiary/aromatic N) is 1. The van der Waals surface area contributed by atoms with Gasteiger partial charge in [0.25, 0.3) is 0 Å². The number of carbonyl (C=O) groups excluding carboxylic acids is 1. The second-order valence-electron chi connectivity index (χ2n) is 4.81. The van der Waals surface area contributed by atoms with Crippen molar-refractivity contribution in [3.05, 3.63) is 29.6 Å². The highest BCUT2D eigenvalue weighted by Gasteiger charge is 2.37. The average molecular weight is 267 g/mol. The van der Waals surface area contributed by atoms with E-state index in [0.29, 0.717) is 18.4 Å². The lowest BCUT2D eigenvalue weighted by Gasteiger charge is -2.37. The zero-order valence-electron chi connectivity index (χ0n) is 12.3. The predicted octanol–water partition coefficient (Wildman–Crippen LogP) is 3.14. The molecular formula is C15H22FNO2. The monoisotopic (exact) mass is 267 g/mol. The number of methoxy groups -OCH3 is 1. The van der Waals surface area contributed by atoms with E-state index in [-0.39, 0.29) is 11.5 Å². The first-order chi connectivity index (χ1) is 8.92. The Kier molecular flexibility index (Phi) is 5.06. The third-order valence-electron chi connectivity index (χ3n) is 3.86. The number of rotatable bonds is 6. The second kappa shape index (κ2) is 6.15. The zero-order chi connectivity index (χ0) is 14.6. The Labute approximate surface area is 114 Å². The summed E-state index contributed by atoms with van der Waals surface area (Å²) in [6.45, 7) is 3.95. The molecule has 3 nitrogen and oxygen atoms in total. The molecule has 0 aliphatic heterocycles. The number of benzene rings is 1. The molecule has 0 aliphatic rings. The molecule has 0 atom stereocenters. The van der Waals surface area contributed by atoms with Crippen LogP contribution in [0.25, 0.3) is 0 Å². The molecule has 0 fully saturated rings. The van der Waals surface area contributed by atoms with E-state index in [4.69, 9.17) is 4.74 Å². The van der Waals surface area contributed by atoms with Crippen LogP contribution < -0.4 is 4.74 Å². The van der Waals surface area contributed by atoms with E-state index in [1.807, 2.05) is 32.8 Å². The fraction of sp³-hybridized carbons (Fsp3) is 0.533. The maximum Gasteiger partial charge on any atom is 0.183 e. The molecule has 1 rings (SSSR count). The highest BCUT2D eigenvalue weighted by Crippen LogP contribution is 2.28. The van der Waals surface area contributed by atoms with Crippen molar-refractivity contribution >= 4 is 5.78 Å². The number of likely N-dealkylation sites (N-methyl/N-ethyl adjacent to an activating group) is 1. The molecule has 0 amide bonds. The summed E-state index contributed by atoms with van der Waals surface area (Å²) in [5.74, 6) is -0.405. The molecule has 0 spiro atoms. The first-order valence-electron chi connectivity index (χ1n) is 6.48. The molecule has 0 radical (unpaired) electrons. The van der Waals surface area contributed by atoms with Crippen LogP contribution in [0.15, 0.2) is 18.2 Å². The third-order valence-corrected chi connectivity index (χ3v) is 3.86. The van der Waals surface area contributed by atoms with Crippen molar-refractivity contribution in [3.8, 4) is 5.75 Å². The van der Waals surface area contributed by atoms with E-state index < -0.39 is 11.4 Å². The summed E-state index contributed by atoms with van der Waals surface area (Å²) in [5.41, 5.74) is -0.197. The van der Waals surface area contributed by atoms with Crippen molar-refractivity contribution in [2.24, 2.45) is 0 Å². The second-order valence-corrected chi connectivity index (χ2v) is 4.81. The maximum atomic E-state index is 13.7. The van der Waals surface area contributed by atoms with Crippen LogP contribution >= 0.6 is 0 Å². The van der Waals surface area contributed by atoms with Crippen molar-refractivity contribution in [3.63, 3.8) is 0 Å². The number of hydrogen-bond acceptors (Lipinski definition) is 3. The summed E-state index contributed by atoms with van der Waals surface area (Å²) < 4.78 is 18.6. The van der Waals surface area contributed by atoms with Crippen LogP contribution in [-0.2, 0) is 0 Å². The van der Waals surface area contributed by atoms with Gasteiger partial charge in [-0.3, -0.25) is 9.69 Å². The molecular weight excluding hydrogens is 245 g/mol. The summed E-state index contributed by atoms with van der Waals surface area (Å²) in [6, 6.07) is 4.37. The number of ketones is 1. The van der Waals surface area contributed by atoms with E-state index in [9.17, 15) is 9.18 Å². The van der Waals surface area contributed by atoms with Crippen molar-refractivity contribution in [2.75, 3.05) is 21.2 Å². The Balaban J connectivity index is 3.21. The van der Waals surface area contributed by atoms with E-state index in [1.54, 1.807) is 6.07 Å². The number of ether oxygens (including phenoxy) is 1. The minimum Gasteiger partial charge on any atom is -0.494 e. The molecule has 1 aromatic rings. The number of carbonyl (C=O) groups is 1. The van der Waals surface area contributed by atoms with Gasteiger partial charge in [0.15, 0.2) is 17.3 Å². The lowest BCUT2D eigenvalue weighted by atomic mass is 9.83. The van der Waals surface area contributed by atoms with Gasteiger partial charge in [0.2, 0.25) is 0 Å². The van der Waals surface area contributed by atoms with Crippen molar-refractivity contribution in [2.45, 2.75) is 32.2 Å². The van der Waals surface area contributed by atoms with Crippen molar-refractivity contribution < 1.29 is 13.9 Å². The standard InChI is InChI=1S/C15H22FNO2/c1-6-15(7-2,17(3)4)14(18)11-8-9-13(19-5)12(16)10-11/h8-10H,6-7H2,1-5H3. The maximum absolute atomic E-state index is 13.7. The highest BCUT2D eigenvalue weighted by molar-refractivity contribution is 6.03. The Morgan fingerprint density at radius 2 is 1.89 bits per heavy atom. The number of Topliss-reactive ketones (excluding diaryl/α,β-unsaturated/α-hetero) is 1. The fourth-order valence-electron chi connectivity index (χ4n) is 2.48. The van der Waals surface area contributed by atoms with Gasteiger partial charge in [-0.1, -0.05) is 13.8 Å². The van der Waals surface area contributed by atoms with Crippen LogP contribution in [0.4, 0.5) is 4.39 Å².